The summed E-state index contributed by atoms with van der Waals surface area (Å²) in [5.41, 5.74) is 1.21. The Kier molecular flexibility index (Phi) is 1.07. The largest absolute Gasteiger partial charge is 0.270 e. The maximum absolute atomic E-state index is 4.26. The summed E-state index contributed by atoms with van der Waals surface area (Å²) < 4.78 is 2.14. The quantitative estimate of drug-likeness (QED) is 0.437. The van der Waals surface area contributed by atoms with Crippen LogP contribution in [0.5, 0.6) is 0 Å². The van der Waals surface area contributed by atoms with Crippen LogP contribution in [0.1, 0.15) is 6.92 Å². The van der Waals surface area contributed by atoms with Crippen LogP contribution >= 0.6 is 0 Å². The van der Waals surface area contributed by atoms with E-state index in [-0.39, 0.29) is 6.17 Å². The van der Waals surface area contributed by atoms with Crippen molar-refractivity contribution in [2.75, 3.05) is 0 Å². The molecular weight excluding hydrogens is 124 g/mol. The summed E-state index contributed by atoms with van der Waals surface area (Å²) in [6.45, 7) is 2.06. The van der Waals surface area contributed by atoms with Crippen LogP contribution in [0.15, 0.2) is 29.4 Å². The number of hydrogen-bond donors (Lipinski definition) is 0. The number of aliphatic imine (C=N–C) groups is 1. The highest BCUT2D eigenvalue weighted by Crippen LogP contribution is 2.07. The molecule has 0 aromatic heterocycles. The Balaban J connectivity index is 2.46. The second kappa shape index (κ2) is 1.90. The van der Waals surface area contributed by atoms with Gasteiger partial charge in [-0.15, -0.1) is 0 Å². The lowest BCUT2D eigenvalue weighted by atomic mass is 10.3. The molecule has 0 saturated carbocycles. The predicted molar refractivity (Wildman–Crippen MR) is 41.5 cm³/mol. The van der Waals surface area contributed by atoms with E-state index >= 15 is 0 Å². The molecule has 2 aliphatic heterocycles. The number of hydrogen-bond acceptors (Lipinski definition) is 1. The van der Waals surface area contributed by atoms with Crippen molar-refractivity contribution in [3.05, 3.63) is 24.4 Å². The molecule has 0 aromatic rings. The number of allylic oxidation sites excluding steroid dienone is 2. The Morgan fingerprint density at radius 1 is 1.50 bits per heavy atom. The molecule has 10 heavy (non-hydrogen) atoms. The molecule has 2 nitrogen and oxygen atoms in total. The van der Waals surface area contributed by atoms with Crippen molar-refractivity contribution in [2.45, 2.75) is 13.1 Å². The van der Waals surface area contributed by atoms with Gasteiger partial charge in [0.25, 0.3) is 6.17 Å². The fraction of sp³-hybridized carbons (Fsp3) is 0.250. The molecule has 0 spiro atoms. The second-order valence-electron chi connectivity index (χ2n) is 2.47. The summed E-state index contributed by atoms with van der Waals surface area (Å²) in [6.07, 6.45) is 10.3. The topological polar surface area (TPSA) is 15.4 Å². The van der Waals surface area contributed by atoms with E-state index in [1.165, 1.54) is 5.71 Å². The minimum Gasteiger partial charge on any atom is -0.215 e. The molecule has 0 bridgehead atoms. The molecule has 0 aliphatic carbocycles. The summed E-state index contributed by atoms with van der Waals surface area (Å²) >= 11 is 0. The van der Waals surface area contributed by atoms with Gasteiger partial charge in [0, 0.05) is 19.1 Å². The minimum atomic E-state index is 0.241. The SMILES string of the molecule is CC1=[N+]2C=CC=CC2N=C1. The Morgan fingerprint density at radius 2 is 2.40 bits per heavy atom. The fourth-order valence-corrected chi connectivity index (χ4v) is 1.19. The standard InChI is InChI=1S/C8H9N2/c1-7-6-9-8-4-2-3-5-10(7)8/h2-6,8H,1H3/q+1. The number of fused-ring (bicyclic) bond motifs is 1. The Morgan fingerprint density at radius 3 is 3.20 bits per heavy atom. The third-order valence-electron chi connectivity index (χ3n) is 1.75. The van der Waals surface area contributed by atoms with Crippen LogP contribution in [0, 0.1) is 0 Å². The van der Waals surface area contributed by atoms with Crippen LogP contribution in [0.25, 0.3) is 0 Å². The summed E-state index contributed by atoms with van der Waals surface area (Å²) in [6, 6.07) is 0. The van der Waals surface area contributed by atoms with E-state index in [1.807, 2.05) is 24.6 Å². The van der Waals surface area contributed by atoms with E-state index in [0.717, 1.165) is 0 Å². The summed E-state index contributed by atoms with van der Waals surface area (Å²) in [7, 11) is 0. The van der Waals surface area contributed by atoms with Gasteiger partial charge in [-0.2, -0.15) is 4.58 Å². The van der Waals surface area contributed by atoms with Crippen molar-refractivity contribution in [3.63, 3.8) is 0 Å². The van der Waals surface area contributed by atoms with Gasteiger partial charge in [-0.1, -0.05) is 6.08 Å². The van der Waals surface area contributed by atoms with Crippen LogP contribution in [0.4, 0.5) is 0 Å². The van der Waals surface area contributed by atoms with Gasteiger partial charge in [0.05, 0.1) is 6.21 Å². The van der Waals surface area contributed by atoms with Crippen molar-refractivity contribution < 1.29 is 4.58 Å². The highest BCUT2D eigenvalue weighted by molar-refractivity contribution is 6.27. The molecule has 1 unspecified atom stereocenters. The molecule has 1 atom stereocenters. The van der Waals surface area contributed by atoms with E-state index in [0.29, 0.717) is 0 Å². The van der Waals surface area contributed by atoms with Gasteiger partial charge in [-0.25, -0.2) is 4.99 Å². The van der Waals surface area contributed by atoms with Crippen LogP contribution in [0.3, 0.4) is 0 Å². The van der Waals surface area contributed by atoms with Gasteiger partial charge in [-0.3, -0.25) is 0 Å². The lowest BCUT2D eigenvalue weighted by Crippen LogP contribution is -2.18. The van der Waals surface area contributed by atoms with Gasteiger partial charge >= 0.3 is 0 Å². The molecular formula is C8H9N2+. The molecule has 0 aromatic carbocycles. The van der Waals surface area contributed by atoms with Crippen molar-refractivity contribution in [1.82, 2.24) is 0 Å². The van der Waals surface area contributed by atoms with Crippen molar-refractivity contribution in [2.24, 2.45) is 4.99 Å². The van der Waals surface area contributed by atoms with Gasteiger partial charge < -0.3 is 0 Å². The van der Waals surface area contributed by atoms with Crippen LogP contribution < -0.4 is 0 Å². The number of rotatable bonds is 0. The lowest BCUT2D eigenvalue weighted by Gasteiger charge is -2.01. The van der Waals surface area contributed by atoms with Gasteiger partial charge in [-0.05, 0) is 0 Å². The van der Waals surface area contributed by atoms with E-state index in [4.69, 9.17) is 0 Å². The highest BCUT2D eigenvalue weighted by Gasteiger charge is 2.23. The number of nitrogens with zero attached hydrogens (tertiary/aromatic N) is 2. The van der Waals surface area contributed by atoms with Crippen LogP contribution in [0.2, 0.25) is 0 Å². The maximum Gasteiger partial charge on any atom is 0.270 e. The molecule has 0 fully saturated rings. The molecule has 0 N–H and O–H groups in total. The molecule has 2 heteroatoms. The van der Waals surface area contributed by atoms with Crippen molar-refractivity contribution in [3.8, 4) is 0 Å². The fourth-order valence-electron chi connectivity index (χ4n) is 1.19. The first-order chi connectivity index (χ1) is 4.88. The first-order valence-electron chi connectivity index (χ1n) is 3.38. The zero-order valence-electron chi connectivity index (χ0n) is 5.86. The Hall–Kier alpha value is -1.18. The lowest BCUT2D eigenvalue weighted by molar-refractivity contribution is -0.480. The third-order valence-corrected chi connectivity index (χ3v) is 1.75. The van der Waals surface area contributed by atoms with Gasteiger partial charge in [0.2, 0.25) is 0 Å². The molecule has 0 amide bonds. The highest BCUT2D eigenvalue weighted by atomic mass is 15.2. The average molecular weight is 133 g/mol. The van der Waals surface area contributed by atoms with Crippen molar-refractivity contribution >= 4 is 11.9 Å². The maximum atomic E-state index is 4.26. The smallest absolute Gasteiger partial charge is 0.215 e. The zero-order valence-corrected chi connectivity index (χ0v) is 5.86. The summed E-state index contributed by atoms with van der Waals surface area (Å²) in [4.78, 5) is 4.26. The second-order valence-corrected chi connectivity index (χ2v) is 2.47. The Labute approximate surface area is 59.9 Å². The molecule has 50 valence electrons. The minimum absolute atomic E-state index is 0.241. The predicted octanol–water partition coefficient (Wildman–Crippen LogP) is 0.954. The molecule has 2 rings (SSSR count). The average Bonchev–Trinajstić information content (AvgIpc) is 2.34. The summed E-state index contributed by atoms with van der Waals surface area (Å²) in [5.74, 6) is 0. The molecule has 2 aliphatic rings. The van der Waals surface area contributed by atoms with Crippen LogP contribution in [-0.4, -0.2) is 22.7 Å². The zero-order chi connectivity index (χ0) is 6.97. The molecule has 2 heterocycles. The van der Waals surface area contributed by atoms with E-state index < -0.39 is 0 Å². The first kappa shape index (κ1) is 5.59. The first-order valence-corrected chi connectivity index (χ1v) is 3.38. The van der Waals surface area contributed by atoms with E-state index in [9.17, 15) is 0 Å². The van der Waals surface area contributed by atoms with E-state index in [2.05, 4.69) is 22.6 Å². The monoisotopic (exact) mass is 133 g/mol. The van der Waals surface area contributed by atoms with Crippen molar-refractivity contribution in [1.29, 1.82) is 0 Å². The Bertz CT molecular complexity index is 269. The van der Waals surface area contributed by atoms with Gasteiger partial charge in [0.1, 0.15) is 0 Å². The molecule has 0 saturated heterocycles. The molecule has 0 radical (unpaired) electrons. The van der Waals surface area contributed by atoms with Gasteiger partial charge in [0.15, 0.2) is 11.9 Å². The summed E-state index contributed by atoms with van der Waals surface area (Å²) in [5, 5.41) is 0. The van der Waals surface area contributed by atoms with Crippen LogP contribution in [-0.2, 0) is 0 Å². The third kappa shape index (κ3) is 0.652. The van der Waals surface area contributed by atoms with E-state index in [1.54, 1.807) is 0 Å². The normalized spacial score (nSPS) is 27.9.